The van der Waals surface area contributed by atoms with Gasteiger partial charge in [-0.3, -0.25) is 14.9 Å². The van der Waals surface area contributed by atoms with Crippen molar-refractivity contribution in [3.63, 3.8) is 0 Å². The Morgan fingerprint density at radius 2 is 2.20 bits per heavy atom. The SMILES string of the molecule is Cc1ccc([N+](=O)[O-])cc1C(=O)NCc1cc(Br)cs1. The monoisotopic (exact) mass is 354 g/mol. The van der Waals surface area contributed by atoms with Gasteiger partial charge in [0, 0.05) is 32.4 Å². The van der Waals surface area contributed by atoms with Crippen LogP contribution in [0.4, 0.5) is 5.69 Å². The first-order valence-corrected chi connectivity index (χ1v) is 7.41. The van der Waals surface area contributed by atoms with E-state index < -0.39 is 4.92 Å². The molecule has 0 spiro atoms. The molecule has 104 valence electrons. The highest BCUT2D eigenvalue weighted by atomic mass is 79.9. The summed E-state index contributed by atoms with van der Waals surface area (Å²) in [4.78, 5) is 23.3. The van der Waals surface area contributed by atoms with E-state index in [4.69, 9.17) is 0 Å². The van der Waals surface area contributed by atoms with E-state index in [0.717, 1.165) is 9.35 Å². The van der Waals surface area contributed by atoms with Crippen molar-refractivity contribution >= 4 is 38.9 Å². The molecular formula is C13H11BrN2O3S. The Bertz CT molecular complexity index is 669. The van der Waals surface area contributed by atoms with Crippen LogP contribution in [0.5, 0.6) is 0 Å². The highest BCUT2D eigenvalue weighted by Gasteiger charge is 2.14. The molecule has 1 aromatic carbocycles. The van der Waals surface area contributed by atoms with Crippen LogP contribution < -0.4 is 5.32 Å². The summed E-state index contributed by atoms with van der Waals surface area (Å²) in [6.45, 7) is 2.15. The fraction of sp³-hybridized carbons (Fsp3) is 0.154. The van der Waals surface area contributed by atoms with Gasteiger partial charge in [0.1, 0.15) is 0 Å². The number of nitrogens with one attached hydrogen (secondary N) is 1. The molecule has 1 N–H and O–H groups in total. The summed E-state index contributed by atoms with van der Waals surface area (Å²) >= 11 is 4.87. The molecule has 2 rings (SSSR count). The zero-order chi connectivity index (χ0) is 14.7. The molecule has 5 nitrogen and oxygen atoms in total. The van der Waals surface area contributed by atoms with Crippen LogP contribution in [0.1, 0.15) is 20.8 Å². The van der Waals surface area contributed by atoms with Crippen LogP contribution in [0.3, 0.4) is 0 Å². The van der Waals surface area contributed by atoms with Gasteiger partial charge in [-0.2, -0.15) is 0 Å². The first kappa shape index (κ1) is 14.7. The number of hydrogen-bond acceptors (Lipinski definition) is 4. The zero-order valence-corrected chi connectivity index (χ0v) is 13.0. The zero-order valence-electron chi connectivity index (χ0n) is 10.6. The van der Waals surface area contributed by atoms with E-state index in [1.54, 1.807) is 13.0 Å². The van der Waals surface area contributed by atoms with E-state index >= 15 is 0 Å². The molecule has 0 saturated carbocycles. The van der Waals surface area contributed by atoms with Gasteiger partial charge >= 0.3 is 0 Å². The van der Waals surface area contributed by atoms with Gasteiger partial charge in [-0.15, -0.1) is 11.3 Å². The van der Waals surface area contributed by atoms with Crippen LogP contribution >= 0.6 is 27.3 Å². The van der Waals surface area contributed by atoms with Gasteiger partial charge in [-0.05, 0) is 34.5 Å². The Kier molecular flexibility index (Phi) is 4.51. The second-order valence-electron chi connectivity index (χ2n) is 4.17. The molecule has 0 radical (unpaired) electrons. The quantitative estimate of drug-likeness (QED) is 0.672. The summed E-state index contributed by atoms with van der Waals surface area (Å²) in [5.41, 5.74) is 0.954. The Hall–Kier alpha value is -1.73. The van der Waals surface area contributed by atoms with Gasteiger partial charge in [-0.25, -0.2) is 0 Å². The third-order valence-electron chi connectivity index (χ3n) is 2.72. The van der Waals surface area contributed by atoms with Crippen molar-refractivity contribution in [2.75, 3.05) is 0 Å². The fourth-order valence-corrected chi connectivity index (χ4v) is 3.07. The summed E-state index contributed by atoms with van der Waals surface area (Å²) in [6, 6.07) is 6.19. The Labute approximate surface area is 127 Å². The molecule has 0 fully saturated rings. The largest absolute Gasteiger partial charge is 0.347 e. The van der Waals surface area contributed by atoms with Gasteiger partial charge < -0.3 is 5.32 Å². The number of carbonyl (C=O) groups is 1. The van der Waals surface area contributed by atoms with Crippen LogP contribution in [-0.4, -0.2) is 10.8 Å². The summed E-state index contributed by atoms with van der Waals surface area (Å²) in [5, 5.41) is 15.4. The number of carbonyl (C=O) groups excluding carboxylic acids is 1. The normalized spacial score (nSPS) is 10.3. The van der Waals surface area contributed by atoms with Crippen molar-refractivity contribution in [2.45, 2.75) is 13.5 Å². The number of benzene rings is 1. The van der Waals surface area contributed by atoms with Gasteiger partial charge in [-0.1, -0.05) is 6.07 Å². The molecular weight excluding hydrogens is 344 g/mol. The molecule has 0 aliphatic rings. The maximum absolute atomic E-state index is 12.1. The summed E-state index contributed by atoms with van der Waals surface area (Å²) in [6.07, 6.45) is 0. The topological polar surface area (TPSA) is 72.2 Å². The number of hydrogen-bond donors (Lipinski definition) is 1. The summed E-state index contributed by atoms with van der Waals surface area (Å²) < 4.78 is 0.971. The molecule has 20 heavy (non-hydrogen) atoms. The number of halogens is 1. The molecule has 1 amide bonds. The van der Waals surface area contributed by atoms with E-state index in [9.17, 15) is 14.9 Å². The van der Waals surface area contributed by atoms with E-state index in [0.29, 0.717) is 17.7 Å². The minimum atomic E-state index is -0.507. The van der Waals surface area contributed by atoms with Crippen LogP contribution in [0, 0.1) is 17.0 Å². The summed E-state index contributed by atoms with van der Waals surface area (Å²) in [5.74, 6) is -0.310. The molecule has 1 aromatic heterocycles. The van der Waals surface area contributed by atoms with Crippen LogP contribution in [-0.2, 0) is 6.54 Å². The average molecular weight is 355 g/mol. The minimum absolute atomic E-state index is 0.0837. The van der Waals surface area contributed by atoms with Crippen molar-refractivity contribution in [2.24, 2.45) is 0 Å². The lowest BCUT2D eigenvalue weighted by atomic mass is 10.1. The summed E-state index contributed by atoms with van der Waals surface area (Å²) in [7, 11) is 0. The Morgan fingerprint density at radius 3 is 2.80 bits per heavy atom. The molecule has 0 bridgehead atoms. The molecule has 0 aliphatic carbocycles. The Morgan fingerprint density at radius 1 is 1.45 bits per heavy atom. The third kappa shape index (κ3) is 3.43. The lowest BCUT2D eigenvalue weighted by Gasteiger charge is -2.06. The number of thiophene rings is 1. The van der Waals surface area contributed by atoms with Gasteiger partial charge in [0.05, 0.1) is 11.5 Å². The van der Waals surface area contributed by atoms with E-state index in [-0.39, 0.29) is 11.6 Å². The highest BCUT2D eigenvalue weighted by molar-refractivity contribution is 9.10. The maximum Gasteiger partial charge on any atom is 0.270 e. The van der Waals surface area contributed by atoms with Crippen molar-refractivity contribution in [1.29, 1.82) is 0 Å². The number of amides is 1. The van der Waals surface area contributed by atoms with Crippen molar-refractivity contribution in [3.05, 3.63) is 60.2 Å². The van der Waals surface area contributed by atoms with Crippen molar-refractivity contribution in [1.82, 2.24) is 5.32 Å². The van der Waals surface area contributed by atoms with Gasteiger partial charge in [0.2, 0.25) is 0 Å². The van der Waals surface area contributed by atoms with Crippen molar-refractivity contribution in [3.8, 4) is 0 Å². The number of nitro benzene ring substituents is 1. The number of rotatable bonds is 4. The second-order valence-corrected chi connectivity index (χ2v) is 6.08. The molecule has 2 aromatic rings. The molecule has 0 unspecified atom stereocenters. The molecule has 0 saturated heterocycles. The number of nitrogens with zero attached hydrogens (tertiary/aromatic N) is 1. The number of nitro groups is 1. The number of non-ortho nitro benzene ring substituents is 1. The molecule has 0 aliphatic heterocycles. The van der Waals surface area contributed by atoms with Crippen LogP contribution in [0.2, 0.25) is 0 Å². The van der Waals surface area contributed by atoms with Crippen LogP contribution in [0.15, 0.2) is 34.1 Å². The first-order valence-electron chi connectivity index (χ1n) is 5.73. The first-order chi connectivity index (χ1) is 9.47. The average Bonchev–Trinajstić information content (AvgIpc) is 2.82. The smallest absolute Gasteiger partial charge is 0.270 e. The lowest BCUT2D eigenvalue weighted by Crippen LogP contribution is -2.23. The van der Waals surface area contributed by atoms with Gasteiger partial charge in [0.15, 0.2) is 0 Å². The van der Waals surface area contributed by atoms with E-state index in [1.807, 2.05) is 11.4 Å². The van der Waals surface area contributed by atoms with E-state index in [2.05, 4.69) is 21.2 Å². The number of aryl methyl sites for hydroxylation is 1. The second kappa shape index (κ2) is 6.15. The highest BCUT2D eigenvalue weighted by Crippen LogP contribution is 2.20. The predicted molar refractivity (Wildman–Crippen MR) is 81.0 cm³/mol. The maximum atomic E-state index is 12.1. The van der Waals surface area contributed by atoms with E-state index in [1.165, 1.54) is 23.5 Å². The fourth-order valence-electron chi connectivity index (χ4n) is 1.68. The standard InChI is InChI=1S/C13H11BrN2O3S/c1-8-2-3-10(16(18)19)5-12(8)13(17)15-6-11-4-9(14)7-20-11/h2-5,7H,6H2,1H3,(H,15,17). The third-order valence-corrected chi connectivity index (χ3v) is 4.42. The van der Waals surface area contributed by atoms with Crippen LogP contribution in [0.25, 0.3) is 0 Å². The minimum Gasteiger partial charge on any atom is -0.347 e. The predicted octanol–water partition coefficient (Wildman–Crippen LogP) is 3.66. The van der Waals surface area contributed by atoms with Gasteiger partial charge in [0.25, 0.3) is 11.6 Å². The molecule has 1 heterocycles. The lowest BCUT2D eigenvalue weighted by molar-refractivity contribution is -0.384. The molecule has 7 heteroatoms. The molecule has 0 atom stereocenters. The Balaban J connectivity index is 2.12. The van der Waals surface area contributed by atoms with Crippen molar-refractivity contribution < 1.29 is 9.72 Å².